The zero-order valence-corrected chi connectivity index (χ0v) is 15.7. The van der Waals surface area contributed by atoms with Crippen LogP contribution in [0.1, 0.15) is 44.4 Å². The van der Waals surface area contributed by atoms with Crippen molar-refractivity contribution in [1.82, 2.24) is 24.9 Å². The summed E-state index contributed by atoms with van der Waals surface area (Å²) >= 11 is 7.67. The molecule has 4 saturated carbocycles. The second-order valence-corrected chi connectivity index (χ2v) is 9.61. The van der Waals surface area contributed by atoms with E-state index in [1.54, 1.807) is 17.7 Å². The molecule has 26 heavy (non-hydrogen) atoms. The molecule has 3 aromatic rings. The molecule has 3 heterocycles. The predicted molar refractivity (Wildman–Crippen MR) is 97.0 cm³/mol. The van der Waals surface area contributed by atoms with Gasteiger partial charge >= 0.3 is 0 Å². The van der Waals surface area contributed by atoms with E-state index in [2.05, 4.69) is 15.2 Å². The number of halogens is 1. The van der Waals surface area contributed by atoms with Crippen molar-refractivity contribution in [2.24, 2.45) is 11.8 Å². The van der Waals surface area contributed by atoms with E-state index < -0.39 is 0 Å². The Morgan fingerprint density at radius 1 is 1.23 bits per heavy atom. The van der Waals surface area contributed by atoms with Crippen molar-refractivity contribution in [3.05, 3.63) is 35.0 Å². The van der Waals surface area contributed by atoms with E-state index in [1.165, 1.54) is 6.42 Å². The molecule has 2 unspecified atom stereocenters. The van der Waals surface area contributed by atoms with Gasteiger partial charge in [0, 0.05) is 0 Å². The van der Waals surface area contributed by atoms with Crippen LogP contribution in [0, 0.1) is 11.8 Å². The van der Waals surface area contributed by atoms with Crippen LogP contribution < -0.4 is 0 Å². The molecule has 0 aliphatic heterocycles. The summed E-state index contributed by atoms with van der Waals surface area (Å²) in [4.78, 5) is 10.1. The van der Waals surface area contributed by atoms with E-state index in [0.717, 1.165) is 42.9 Å². The molecule has 2 atom stereocenters. The summed E-state index contributed by atoms with van der Waals surface area (Å²) in [5.41, 5.74) is -0.0488. The Morgan fingerprint density at radius 3 is 2.77 bits per heavy atom. The molecule has 0 spiro atoms. The average molecular weight is 388 g/mol. The standard InChI is InChI=1S/C18H18ClN5OS/c19-16-20-10-24(22-16)18-7-11-4-12(8-18)6-17(5-11,9-18)15-21-14(23-25-15)13-2-1-3-26-13/h1-3,10-12H,4-9H2. The van der Waals surface area contributed by atoms with E-state index in [0.29, 0.717) is 22.9 Å². The Morgan fingerprint density at radius 2 is 2.08 bits per heavy atom. The Bertz CT molecular complexity index is 950. The van der Waals surface area contributed by atoms with E-state index in [4.69, 9.17) is 21.1 Å². The minimum Gasteiger partial charge on any atom is -0.338 e. The fourth-order valence-electron chi connectivity index (χ4n) is 6.15. The van der Waals surface area contributed by atoms with Crippen molar-refractivity contribution in [3.8, 4) is 10.7 Å². The molecule has 7 rings (SSSR count). The minimum atomic E-state index is -0.0367. The highest BCUT2D eigenvalue weighted by atomic mass is 35.5. The molecule has 4 aliphatic carbocycles. The molecule has 4 fully saturated rings. The van der Waals surface area contributed by atoms with Crippen LogP contribution in [-0.4, -0.2) is 24.9 Å². The van der Waals surface area contributed by atoms with Crippen molar-refractivity contribution < 1.29 is 4.52 Å². The van der Waals surface area contributed by atoms with Crippen LogP contribution in [0.3, 0.4) is 0 Å². The zero-order chi connectivity index (χ0) is 17.4. The molecule has 0 amide bonds. The van der Waals surface area contributed by atoms with Gasteiger partial charge in [-0.25, -0.2) is 9.67 Å². The monoisotopic (exact) mass is 387 g/mol. The number of nitrogens with zero attached hydrogens (tertiary/aromatic N) is 5. The highest BCUT2D eigenvalue weighted by molar-refractivity contribution is 7.13. The van der Waals surface area contributed by atoms with Crippen molar-refractivity contribution in [2.75, 3.05) is 0 Å². The van der Waals surface area contributed by atoms with Crippen LogP contribution in [0.2, 0.25) is 5.28 Å². The second-order valence-electron chi connectivity index (χ2n) is 8.32. The smallest absolute Gasteiger partial charge is 0.242 e. The summed E-state index contributed by atoms with van der Waals surface area (Å²) in [6.07, 6.45) is 8.66. The van der Waals surface area contributed by atoms with Crippen molar-refractivity contribution in [1.29, 1.82) is 0 Å². The average Bonchev–Trinajstić information content (AvgIpc) is 3.35. The van der Waals surface area contributed by atoms with E-state index >= 15 is 0 Å². The van der Waals surface area contributed by atoms with Gasteiger partial charge in [-0.1, -0.05) is 11.2 Å². The van der Waals surface area contributed by atoms with Crippen LogP contribution in [0.4, 0.5) is 0 Å². The Hall–Kier alpha value is -1.73. The van der Waals surface area contributed by atoms with Crippen LogP contribution >= 0.6 is 22.9 Å². The maximum absolute atomic E-state index is 6.03. The van der Waals surface area contributed by atoms with Gasteiger partial charge in [-0.3, -0.25) is 0 Å². The first-order valence-corrected chi connectivity index (χ1v) is 10.4. The maximum atomic E-state index is 6.03. The molecule has 0 radical (unpaired) electrons. The zero-order valence-electron chi connectivity index (χ0n) is 14.1. The number of hydrogen-bond donors (Lipinski definition) is 0. The minimum absolute atomic E-state index is 0.0121. The van der Waals surface area contributed by atoms with Gasteiger partial charge in [0.2, 0.25) is 17.0 Å². The Labute approximate surface area is 159 Å². The molecule has 4 aliphatic rings. The normalized spacial score (nSPS) is 35.3. The van der Waals surface area contributed by atoms with Crippen LogP contribution in [-0.2, 0) is 11.0 Å². The van der Waals surface area contributed by atoms with Crippen molar-refractivity contribution in [2.45, 2.75) is 49.5 Å². The second kappa shape index (κ2) is 5.16. The lowest BCUT2D eigenvalue weighted by Gasteiger charge is -2.60. The van der Waals surface area contributed by atoms with Gasteiger partial charge in [-0.15, -0.1) is 16.4 Å². The summed E-state index contributed by atoms with van der Waals surface area (Å²) in [6.45, 7) is 0. The van der Waals surface area contributed by atoms with Crippen molar-refractivity contribution in [3.63, 3.8) is 0 Å². The first-order chi connectivity index (χ1) is 12.6. The van der Waals surface area contributed by atoms with Gasteiger partial charge in [-0.05, 0) is 73.4 Å². The molecular formula is C18H18ClN5OS. The van der Waals surface area contributed by atoms with Crippen molar-refractivity contribution >= 4 is 22.9 Å². The third-order valence-electron chi connectivity index (χ3n) is 6.60. The summed E-state index contributed by atoms with van der Waals surface area (Å²) in [5.74, 6) is 2.88. The fourth-order valence-corrected chi connectivity index (χ4v) is 6.92. The molecule has 0 N–H and O–H groups in total. The molecule has 3 aromatic heterocycles. The summed E-state index contributed by atoms with van der Waals surface area (Å²) in [7, 11) is 0. The molecule has 134 valence electrons. The van der Waals surface area contributed by atoms with Gasteiger partial charge < -0.3 is 4.52 Å². The molecule has 0 aromatic carbocycles. The lowest BCUT2D eigenvalue weighted by molar-refractivity contribution is -0.0786. The van der Waals surface area contributed by atoms with Gasteiger partial charge in [-0.2, -0.15) is 4.98 Å². The predicted octanol–water partition coefficient (Wildman–Crippen LogP) is 4.29. The SMILES string of the molecule is Clc1ncn(C23CC4CC(CC(c5nc(-c6cccs6)no5)(C4)C2)C3)n1. The first kappa shape index (κ1) is 15.3. The third-order valence-corrected chi connectivity index (χ3v) is 7.64. The highest BCUT2D eigenvalue weighted by Gasteiger charge is 2.61. The number of thiophene rings is 1. The topological polar surface area (TPSA) is 69.6 Å². The van der Waals surface area contributed by atoms with Gasteiger partial charge in [0.1, 0.15) is 6.33 Å². The molecule has 6 nitrogen and oxygen atoms in total. The van der Waals surface area contributed by atoms with Gasteiger partial charge in [0.05, 0.1) is 15.8 Å². The summed E-state index contributed by atoms with van der Waals surface area (Å²) in [5, 5.41) is 11.1. The highest BCUT2D eigenvalue weighted by Crippen LogP contribution is 2.64. The van der Waals surface area contributed by atoms with E-state index in [1.807, 2.05) is 22.2 Å². The molecule has 4 bridgehead atoms. The Balaban J connectivity index is 1.43. The van der Waals surface area contributed by atoms with Gasteiger partial charge in [0.15, 0.2) is 0 Å². The summed E-state index contributed by atoms with van der Waals surface area (Å²) in [6, 6.07) is 4.06. The number of hydrogen-bond acceptors (Lipinski definition) is 6. The molecule has 8 heteroatoms. The number of rotatable bonds is 3. The molecular weight excluding hydrogens is 370 g/mol. The lowest BCUT2D eigenvalue weighted by atomic mass is 9.47. The third kappa shape index (κ3) is 2.10. The van der Waals surface area contributed by atoms with Crippen LogP contribution in [0.15, 0.2) is 28.4 Å². The van der Waals surface area contributed by atoms with Crippen LogP contribution in [0.5, 0.6) is 0 Å². The van der Waals surface area contributed by atoms with E-state index in [-0.39, 0.29) is 11.0 Å². The molecule has 0 saturated heterocycles. The summed E-state index contributed by atoms with van der Waals surface area (Å²) < 4.78 is 7.86. The van der Waals surface area contributed by atoms with Crippen LogP contribution in [0.25, 0.3) is 10.7 Å². The lowest BCUT2D eigenvalue weighted by Crippen LogP contribution is -2.58. The Kier molecular flexibility index (Phi) is 3.05. The number of aromatic nitrogens is 5. The quantitative estimate of drug-likeness (QED) is 0.670. The largest absolute Gasteiger partial charge is 0.338 e. The fraction of sp³-hybridized carbons (Fsp3) is 0.556. The maximum Gasteiger partial charge on any atom is 0.242 e. The van der Waals surface area contributed by atoms with Gasteiger partial charge in [0.25, 0.3) is 0 Å². The van der Waals surface area contributed by atoms with E-state index in [9.17, 15) is 0 Å². The first-order valence-electron chi connectivity index (χ1n) is 9.10.